The van der Waals surface area contributed by atoms with Crippen molar-refractivity contribution in [3.05, 3.63) is 0 Å². The van der Waals surface area contributed by atoms with Crippen LogP contribution in [0.4, 0.5) is 0 Å². The number of likely N-dealkylation sites (tertiary alicyclic amines) is 1. The van der Waals surface area contributed by atoms with Gasteiger partial charge >= 0.3 is 5.97 Å². The largest absolute Gasteiger partial charge is 0.480 e. The fourth-order valence-electron chi connectivity index (χ4n) is 2.74. The number of hydrogen-bond donors (Lipinski definition) is 1. The van der Waals surface area contributed by atoms with E-state index in [0.29, 0.717) is 12.3 Å². The summed E-state index contributed by atoms with van der Waals surface area (Å²) >= 11 is 0. The Bertz CT molecular complexity index is 236. The van der Waals surface area contributed by atoms with Gasteiger partial charge in [-0.25, -0.2) is 0 Å². The first kappa shape index (κ1) is 13.5. The first-order valence-corrected chi connectivity index (χ1v) is 6.55. The van der Waals surface area contributed by atoms with Gasteiger partial charge in [-0.3, -0.25) is 9.69 Å². The van der Waals surface area contributed by atoms with Gasteiger partial charge in [-0.2, -0.15) is 0 Å². The lowest BCUT2D eigenvalue weighted by Gasteiger charge is -2.39. The van der Waals surface area contributed by atoms with E-state index in [2.05, 4.69) is 18.7 Å². The summed E-state index contributed by atoms with van der Waals surface area (Å²) in [5.74, 6) is -0.145. The van der Waals surface area contributed by atoms with Crippen LogP contribution in [0.3, 0.4) is 0 Å². The Morgan fingerprint density at radius 2 is 1.94 bits per heavy atom. The summed E-state index contributed by atoms with van der Waals surface area (Å²) in [6, 6.07) is 0. The number of rotatable bonds is 6. The van der Waals surface area contributed by atoms with E-state index in [9.17, 15) is 9.90 Å². The molecule has 0 amide bonds. The summed E-state index contributed by atoms with van der Waals surface area (Å²) < 4.78 is 0. The Hall–Kier alpha value is -0.570. The van der Waals surface area contributed by atoms with Gasteiger partial charge in [0, 0.05) is 0 Å². The Kier molecular flexibility index (Phi) is 4.78. The molecule has 3 nitrogen and oxygen atoms in total. The summed E-state index contributed by atoms with van der Waals surface area (Å²) in [6.45, 7) is 8.21. The van der Waals surface area contributed by atoms with Crippen LogP contribution >= 0.6 is 0 Å². The Morgan fingerprint density at radius 1 is 1.38 bits per heavy atom. The van der Waals surface area contributed by atoms with Crippen molar-refractivity contribution in [2.45, 2.75) is 58.4 Å². The van der Waals surface area contributed by atoms with E-state index < -0.39 is 11.5 Å². The molecule has 1 aliphatic heterocycles. The minimum atomic E-state index is -0.628. The molecule has 1 aliphatic rings. The third kappa shape index (κ3) is 2.57. The summed E-state index contributed by atoms with van der Waals surface area (Å²) in [5, 5.41) is 9.59. The van der Waals surface area contributed by atoms with Crippen molar-refractivity contribution in [3.8, 4) is 0 Å². The first-order valence-electron chi connectivity index (χ1n) is 6.55. The molecule has 2 atom stereocenters. The molecular weight excluding hydrogens is 202 g/mol. The van der Waals surface area contributed by atoms with Gasteiger partial charge in [0.25, 0.3) is 0 Å². The quantitative estimate of drug-likeness (QED) is 0.758. The lowest BCUT2D eigenvalue weighted by Crippen LogP contribution is -2.54. The molecule has 0 aliphatic carbocycles. The van der Waals surface area contributed by atoms with Crippen LogP contribution in [-0.2, 0) is 4.79 Å². The normalized spacial score (nSPS) is 22.9. The highest BCUT2D eigenvalue weighted by atomic mass is 16.4. The summed E-state index contributed by atoms with van der Waals surface area (Å²) in [5.41, 5.74) is -0.605. The summed E-state index contributed by atoms with van der Waals surface area (Å²) in [6.07, 6.45) is 4.86. The second kappa shape index (κ2) is 5.67. The fraction of sp³-hybridized carbons (Fsp3) is 0.923. The predicted octanol–water partition coefficient (Wildman–Crippen LogP) is 2.75. The van der Waals surface area contributed by atoms with Crippen molar-refractivity contribution in [1.82, 2.24) is 4.90 Å². The SMILES string of the molecule is CCC(C)CC(CC)(C(=O)O)N1CCCC1. The zero-order valence-corrected chi connectivity index (χ0v) is 10.8. The van der Waals surface area contributed by atoms with Gasteiger partial charge in [-0.15, -0.1) is 0 Å². The molecule has 0 saturated carbocycles. The van der Waals surface area contributed by atoms with E-state index in [1.807, 2.05) is 6.92 Å². The molecule has 1 rings (SSSR count). The molecule has 1 N–H and O–H groups in total. The molecule has 0 aromatic heterocycles. The van der Waals surface area contributed by atoms with Crippen LogP contribution in [0.1, 0.15) is 52.9 Å². The topological polar surface area (TPSA) is 40.5 Å². The molecule has 0 radical (unpaired) electrons. The number of hydrogen-bond acceptors (Lipinski definition) is 2. The van der Waals surface area contributed by atoms with Gasteiger partial charge in [0.1, 0.15) is 5.54 Å². The van der Waals surface area contributed by atoms with Crippen molar-refractivity contribution >= 4 is 5.97 Å². The van der Waals surface area contributed by atoms with Crippen LogP contribution in [0, 0.1) is 5.92 Å². The van der Waals surface area contributed by atoms with E-state index in [4.69, 9.17) is 0 Å². The van der Waals surface area contributed by atoms with Crippen molar-refractivity contribution < 1.29 is 9.90 Å². The molecule has 0 aromatic carbocycles. The van der Waals surface area contributed by atoms with Gasteiger partial charge in [-0.05, 0) is 44.7 Å². The van der Waals surface area contributed by atoms with Gasteiger partial charge in [-0.1, -0.05) is 27.2 Å². The number of aliphatic carboxylic acids is 1. The van der Waals surface area contributed by atoms with Gasteiger partial charge in [0.15, 0.2) is 0 Å². The monoisotopic (exact) mass is 227 g/mol. The molecule has 2 unspecified atom stereocenters. The van der Waals surface area contributed by atoms with E-state index in [1.165, 1.54) is 0 Å². The van der Waals surface area contributed by atoms with Crippen molar-refractivity contribution in [2.75, 3.05) is 13.1 Å². The van der Waals surface area contributed by atoms with E-state index in [-0.39, 0.29) is 0 Å². The zero-order chi connectivity index (χ0) is 12.2. The second-order valence-electron chi connectivity index (χ2n) is 5.10. The van der Waals surface area contributed by atoms with Crippen LogP contribution in [0.5, 0.6) is 0 Å². The minimum Gasteiger partial charge on any atom is -0.480 e. The maximum absolute atomic E-state index is 11.6. The number of carboxylic acids is 1. The molecule has 0 spiro atoms. The van der Waals surface area contributed by atoms with Gasteiger partial charge < -0.3 is 5.11 Å². The summed E-state index contributed by atoms with van der Waals surface area (Å²) in [4.78, 5) is 13.8. The molecule has 16 heavy (non-hydrogen) atoms. The van der Waals surface area contributed by atoms with Crippen LogP contribution < -0.4 is 0 Å². The highest BCUT2D eigenvalue weighted by Gasteiger charge is 2.44. The lowest BCUT2D eigenvalue weighted by molar-refractivity contribution is -0.152. The highest BCUT2D eigenvalue weighted by molar-refractivity contribution is 5.78. The van der Waals surface area contributed by atoms with Crippen LogP contribution in [0.15, 0.2) is 0 Å². The fourth-order valence-corrected chi connectivity index (χ4v) is 2.74. The maximum Gasteiger partial charge on any atom is 0.324 e. The highest BCUT2D eigenvalue weighted by Crippen LogP contribution is 2.32. The third-order valence-corrected chi connectivity index (χ3v) is 4.08. The van der Waals surface area contributed by atoms with Crippen LogP contribution in [0.25, 0.3) is 0 Å². The van der Waals surface area contributed by atoms with E-state index in [0.717, 1.165) is 38.8 Å². The van der Waals surface area contributed by atoms with E-state index in [1.54, 1.807) is 0 Å². The van der Waals surface area contributed by atoms with Crippen molar-refractivity contribution in [1.29, 1.82) is 0 Å². The lowest BCUT2D eigenvalue weighted by atomic mass is 9.83. The molecular formula is C13H25NO2. The van der Waals surface area contributed by atoms with Gasteiger partial charge in [0.2, 0.25) is 0 Å². The van der Waals surface area contributed by atoms with E-state index >= 15 is 0 Å². The number of carbonyl (C=O) groups is 1. The standard InChI is InChI=1S/C13H25NO2/c1-4-11(3)10-13(5-2,12(15)16)14-8-6-7-9-14/h11H,4-10H2,1-3H3,(H,15,16). The first-order chi connectivity index (χ1) is 7.56. The molecule has 1 heterocycles. The zero-order valence-electron chi connectivity index (χ0n) is 10.8. The molecule has 0 aromatic rings. The molecule has 94 valence electrons. The molecule has 1 saturated heterocycles. The average Bonchev–Trinajstić information content (AvgIpc) is 2.78. The second-order valence-corrected chi connectivity index (χ2v) is 5.10. The number of nitrogens with zero attached hydrogens (tertiary/aromatic N) is 1. The molecule has 1 fully saturated rings. The minimum absolute atomic E-state index is 0.483. The molecule has 3 heteroatoms. The molecule has 0 bridgehead atoms. The Balaban J connectivity index is 2.84. The number of carboxylic acid groups (broad SMARTS) is 1. The Labute approximate surface area is 98.8 Å². The van der Waals surface area contributed by atoms with Gasteiger partial charge in [0.05, 0.1) is 0 Å². The third-order valence-electron chi connectivity index (χ3n) is 4.08. The predicted molar refractivity (Wildman–Crippen MR) is 65.5 cm³/mol. The maximum atomic E-state index is 11.6. The van der Waals surface area contributed by atoms with Crippen molar-refractivity contribution in [3.63, 3.8) is 0 Å². The van der Waals surface area contributed by atoms with Crippen LogP contribution in [-0.4, -0.2) is 34.6 Å². The van der Waals surface area contributed by atoms with Crippen molar-refractivity contribution in [2.24, 2.45) is 5.92 Å². The Morgan fingerprint density at radius 3 is 2.31 bits per heavy atom. The van der Waals surface area contributed by atoms with Crippen LogP contribution in [0.2, 0.25) is 0 Å². The average molecular weight is 227 g/mol. The smallest absolute Gasteiger partial charge is 0.324 e. The summed E-state index contributed by atoms with van der Waals surface area (Å²) in [7, 11) is 0.